The molecule has 5 heteroatoms. The van der Waals surface area contributed by atoms with Crippen molar-refractivity contribution in [3.8, 4) is 17.2 Å². The minimum Gasteiger partial charge on any atom is -0.497 e. The van der Waals surface area contributed by atoms with Crippen LogP contribution < -0.4 is 14.8 Å². The number of methoxy groups -OCH3 is 2. The molecular formula is C15H19N3O2. The number of rotatable bonds is 4. The smallest absolute Gasteiger partial charge is 0.146 e. The summed E-state index contributed by atoms with van der Waals surface area (Å²) in [5.41, 5.74) is 2.15. The van der Waals surface area contributed by atoms with E-state index >= 15 is 0 Å². The molecule has 0 saturated carbocycles. The van der Waals surface area contributed by atoms with Crippen molar-refractivity contribution in [1.82, 2.24) is 14.9 Å². The molecule has 20 heavy (non-hydrogen) atoms. The standard InChI is InChI=1S/C15H19N3O2/c1-19-11-5-6-13(15(8-11)20-2)18-10-16-9-14(18)12-4-3-7-17-12/h5-6,8-10,12,17H,3-4,7H2,1-2H3/t12-/m0/s1. The Morgan fingerprint density at radius 2 is 2.20 bits per heavy atom. The average molecular weight is 273 g/mol. The SMILES string of the molecule is COc1ccc(-n2cncc2[C@@H]2CCCN2)c(OC)c1. The number of nitrogens with zero attached hydrogens (tertiary/aromatic N) is 2. The normalized spacial score (nSPS) is 18.2. The molecule has 0 bridgehead atoms. The van der Waals surface area contributed by atoms with Gasteiger partial charge >= 0.3 is 0 Å². The Hall–Kier alpha value is -2.01. The van der Waals surface area contributed by atoms with Crippen molar-refractivity contribution in [2.75, 3.05) is 20.8 Å². The maximum Gasteiger partial charge on any atom is 0.146 e. The first-order valence-electron chi connectivity index (χ1n) is 6.81. The third-order valence-electron chi connectivity index (χ3n) is 3.73. The van der Waals surface area contributed by atoms with Crippen LogP contribution in [0.1, 0.15) is 24.6 Å². The fraction of sp³-hybridized carbons (Fsp3) is 0.400. The van der Waals surface area contributed by atoms with Crippen LogP contribution in [0.2, 0.25) is 0 Å². The lowest BCUT2D eigenvalue weighted by molar-refractivity contribution is 0.392. The topological polar surface area (TPSA) is 48.3 Å². The third kappa shape index (κ3) is 2.25. The van der Waals surface area contributed by atoms with E-state index in [0.717, 1.165) is 30.2 Å². The van der Waals surface area contributed by atoms with Crippen LogP contribution in [0.5, 0.6) is 11.5 Å². The van der Waals surface area contributed by atoms with Crippen LogP contribution in [0.3, 0.4) is 0 Å². The Bertz CT molecular complexity index is 589. The van der Waals surface area contributed by atoms with Crippen molar-refractivity contribution in [3.05, 3.63) is 36.4 Å². The van der Waals surface area contributed by atoms with Gasteiger partial charge in [-0.1, -0.05) is 0 Å². The molecule has 3 rings (SSSR count). The summed E-state index contributed by atoms with van der Waals surface area (Å²) in [4.78, 5) is 4.30. The largest absolute Gasteiger partial charge is 0.497 e. The highest BCUT2D eigenvalue weighted by molar-refractivity contribution is 5.52. The lowest BCUT2D eigenvalue weighted by Gasteiger charge is -2.16. The zero-order valence-corrected chi connectivity index (χ0v) is 11.8. The number of imidazole rings is 1. The molecule has 0 spiro atoms. The van der Waals surface area contributed by atoms with Crippen LogP contribution in [0.25, 0.3) is 5.69 Å². The van der Waals surface area contributed by atoms with Crippen molar-refractivity contribution in [1.29, 1.82) is 0 Å². The van der Waals surface area contributed by atoms with E-state index < -0.39 is 0 Å². The molecule has 1 fully saturated rings. The maximum atomic E-state index is 5.48. The van der Waals surface area contributed by atoms with Gasteiger partial charge in [-0.3, -0.25) is 4.57 Å². The predicted molar refractivity (Wildman–Crippen MR) is 76.6 cm³/mol. The second-order valence-electron chi connectivity index (χ2n) is 4.88. The summed E-state index contributed by atoms with van der Waals surface area (Å²) in [7, 11) is 3.32. The van der Waals surface area contributed by atoms with E-state index in [1.54, 1.807) is 14.2 Å². The molecule has 0 unspecified atom stereocenters. The molecule has 106 valence electrons. The van der Waals surface area contributed by atoms with Gasteiger partial charge in [0.1, 0.15) is 11.5 Å². The molecule has 1 atom stereocenters. The lowest BCUT2D eigenvalue weighted by atomic mass is 10.1. The molecular weight excluding hydrogens is 254 g/mol. The Balaban J connectivity index is 2.02. The number of hydrogen-bond donors (Lipinski definition) is 1. The summed E-state index contributed by atoms with van der Waals surface area (Å²) in [6, 6.07) is 6.19. The van der Waals surface area contributed by atoms with Crippen molar-refractivity contribution < 1.29 is 9.47 Å². The highest BCUT2D eigenvalue weighted by Gasteiger charge is 2.21. The summed E-state index contributed by atoms with van der Waals surface area (Å²) in [5, 5.41) is 3.50. The molecule has 0 radical (unpaired) electrons. The van der Waals surface area contributed by atoms with Crippen LogP contribution >= 0.6 is 0 Å². The number of ether oxygens (including phenoxy) is 2. The number of hydrogen-bond acceptors (Lipinski definition) is 4. The van der Waals surface area contributed by atoms with Crippen LogP contribution in [0.15, 0.2) is 30.7 Å². The Labute approximate surface area is 118 Å². The summed E-state index contributed by atoms with van der Waals surface area (Å²) in [5.74, 6) is 1.56. The first-order valence-corrected chi connectivity index (χ1v) is 6.81. The highest BCUT2D eigenvalue weighted by Crippen LogP contribution is 2.31. The van der Waals surface area contributed by atoms with E-state index in [1.165, 1.54) is 12.1 Å². The van der Waals surface area contributed by atoms with Gasteiger partial charge in [-0.15, -0.1) is 0 Å². The zero-order valence-electron chi connectivity index (χ0n) is 11.8. The second kappa shape index (κ2) is 5.54. The number of nitrogens with one attached hydrogen (secondary N) is 1. The summed E-state index contributed by atoms with van der Waals surface area (Å²) in [6.45, 7) is 1.07. The van der Waals surface area contributed by atoms with Crippen molar-refractivity contribution in [2.45, 2.75) is 18.9 Å². The van der Waals surface area contributed by atoms with Gasteiger partial charge in [-0.05, 0) is 31.5 Å². The first kappa shape index (κ1) is 13.0. The highest BCUT2D eigenvalue weighted by atomic mass is 16.5. The fourth-order valence-corrected chi connectivity index (χ4v) is 2.69. The van der Waals surface area contributed by atoms with E-state index in [1.807, 2.05) is 30.7 Å². The molecule has 1 aromatic heterocycles. The van der Waals surface area contributed by atoms with Gasteiger partial charge in [-0.2, -0.15) is 0 Å². The Morgan fingerprint density at radius 3 is 2.90 bits per heavy atom. The molecule has 1 aromatic carbocycles. The van der Waals surface area contributed by atoms with Gasteiger partial charge in [0.15, 0.2) is 0 Å². The van der Waals surface area contributed by atoms with Gasteiger partial charge in [0.05, 0.1) is 38.1 Å². The van der Waals surface area contributed by atoms with Crippen LogP contribution in [-0.2, 0) is 0 Å². The number of benzene rings is 1. The lowest BCUT2D eigenvalue weighted by Crippen LogP contribution is -2.16. The molecule has 2 heterocycles. The first-order chi connectivity index (χ1) is 9.83. The molecule has 1 aliphatic heterocycles. The van der Waals surface area contributed by atoms with Gasteiger partial charge in [0.2, 0.25) is 0 Å². The van der Waals surface area contributed by atoms with Crippen molar-refractivity contribution in [2.24, 2.45) is 0 Å². The van der Waals surface area contributed by atoms with Gasteiger partial charge < -0.3 is 14.8 Å². The van der Waals surface area contributed by atoms with E-state index in [-0.39, 0.29) is 0 Å². The molecule has 1 saturated heterocycles. The monoisotopic (exact) mass is 273 g/mol. The zero-order chi connectivity index (χ0) is 13.9. The van der Waals surface area contributed by atoms with Gasteiger partial charge in [0.25, 0.3) is 0 Å². The molecule has 0 aliphatic carbocycles. The van der Waals surface area contributed by atoms with Crippen LogP contribution in [-0.4, -0.2) is 30.3 Å². The average Bonchev–Trinajstić information content (AvgIpc) is 3.16. The minimum absolute atomic E-state index is 0.365. The molecule has 2 aromatic rings. The second-order valence-corrected chi connectivity index (χ2v) is 4.88. The molecule has 5 nitrogen and oxygen atoms in total. The Morgan fingerprint density at radius 1 is 1.30 bits per heavy atom. The van der Waals surface area contributed by atoms with Gasteiger partial charge in [-0.25, -0.2) is 4.98 Å². The fourth-order valence-electron chi connectivity index (χ4n) is 2.69. The maximum absolute atomic E-state index is 5.48. The molecule has 1 N–H and O–H groups in total. The van der Waals surface area contributed by atoms with E-state index in [2.05, 4.69) is 14.9 Å². The van der Waals surface area contributed by atoms with E-state index in [0.29, 0.717) is 6.04 Å². The van der Waals surface area contributed by atoms with E-state index in [9.17, 15) is 0 Å². The molecule has 1 aliphatic rings. The quantitative estimate of drug-likeness (QED) is 0.928. The summed E-state index contributed by atoms with van der Waals surface area (Å²) < 4.78 is 12.8. The summed E-state index contributed by atoms with van der Waals surface area (Å²) in [6.07, 6.45) is 6.10. The molecule has 0 amide bonds. The third-order valence-corrected chi connectivity index (χ3v) is 3.73. The van der Waals surface area contributed by atoms with Crippen LogP contribution in [0.4, 0.5) is 0 Å². The van der Waals surface area contributed by atoms with Gasteiger partial charge in [0, 0.05) is 12.1 Å². The van der Waals surface area contributed by atoms with Crippen molar-refractivity contribution >= 4 is 0 Å². The number of aromatic nitrogens is 2. The predicted octanol–water partition coefficient (Wildman–Crippen LogP) is 2.31. The van der Waals surface area contributed by atoms with E-state index in [4.69, 9.17) is 9.47 Å². The minimum atomic E-state index is 0.365. The Kier molecular flexibility index (Phi) is 3.60. The van der Waals surface area contributed by atoms with Crippen LogP contribution in [0, 0.1) is 0 Å². The summed E-state index contributed by atoms with van der Waals surface area (Å²) >= 11 is 0. The van der Waals surface area contributed by atoms with Crippen molar-refractivity contribution in [3.63, 3.8) is 0 Å².